The SMILES string of the molecule is O=C(COc1ccc(F)cc1)NNC(=O)Cn1nnc2ccccc21. The van der Waals surface area contributed by atoms with Crippen LogP contribution in [0.4, 0.5) is 4.39 Å². The second-order valence-electron chi connectivity index (χ2n) is 5.07. The summed E-state index contributed by atoms with van der Waals surface area (Å²) in [6.07, 6.45) is 0. The second kappa shape index (κ2) is 7.39. The van der Waals surface area contributed by atoms with E-state index in [0.29, 0.717) is 16.8 Å². The van der Waals surface area contributed by atoms with E-state index in [1.165, 1.54) is 28.9 Å². The number of nitrogens with one attached hydrogen (secondary N) is 2. The van der Waals surface area contributed by atoms with Gasteiger partial charge in [-0.1, -0.05) is 17.3 Å². The molecule has 0 saturated heterocycles. The fourth-order valence-corrected chi connectivity index (χ4v) is 2.06. The van der Waals surface area contributed by atoms with Crippen LogP contribution in [0, 0.1) is 5.82 Å². The first kappa shape index (κ1) is 16.4. The molecule has 0 aliphatic heterocycles. The Morgan fingerprint density at radius 2 is 1.76 bits per heavy atom. The maximum atomic E-state index is 12.8. The number of hydrogen-bond acceptors (Lipinski definition) is 5. The standard InChI is InChI=1S/C16H14FN5O3/c17-11-5-7-12(8-6-11)25-10-16(24)20-19-15(23)9-22-14-4-2-1-3-13(14)18-21-22/h1-8H,9-10H2,(H,19,23)(H,20,24). The molecule has 1 heterocycles. The molecule has 2 N–H and O–H groups in total. The molecule has 0 aliphatic rings. The average Bonchev–Trinajstić information content (AvgIpc) is 3.02. The summed E-state index contributed by atoms with van der Waals surface area (Å²) in [5, 5.41) is 7.82. The van der Waals surface area contributed by atoms with Gasteiger partial charge >= 0.3 is 0 Å². The van der Waals surface area contributed by atoms with Crippen molar-refractivity contribution in [2.75, 3.05) is 6.61 Å². The van der Waals surface area contributed by atoms with E-state index < -0.39 is 17.6 Å². The number of carbonyl (C=O) groups excluding carboxylic acids is 2. The van der Waals surface area contributed by atoms with Crippen LogP contribution in [0.5, 0.6) is 5.75 Å². The number of nitrogens with zero attached hydrogens (tertiary/aromatic N) is 3. The zero-order valence-electron chi connectivity index (χ0n) is 13.0. The predicted molar refractivity (Wildman–Crippen MR) is 85.7 cm³/mol. The monoisotopic (exact) mass is 343 g/mol. The Morgan fingerprint density at radius 3 is 2.56 bits per heavy atom. The van der Waals surface area contributed by atoms with E-state index in [2.05, 4.69) is 21.2 Å². The molecule has 0 radical (unpaired) electrons. The van der Waals surface area contributed by atoms with Gasteiger partial charge in [-0.3, -0.25) is 20.4 Å². The molecule has 0 saturated carbocycles. The molecule has 0 spiro atoms. The molecular weight excluding hydrogens is 329 g/mol. The summed E-state index contributed by atoms with van der Waals surface area (Å²) < 4.78 is 19.3. The average molecular weight is 343 g/mol. The quantitative estimate of drug-likeness (QED) is 0.668. The highest BCUT2D eigenvalue weighted by Gasteiger charge is 2.10. The highest BCUT2D eigenvalue weighted by atomic mass is 19.1. The summed E-state index contributed by atoms with van der Waals surface area (Å²) in [5.41, 5.74) is 5.87. The Hall–Kier alpha value is -3.49. The van der Waals surface area contributed by atoms with Gasteiger partial charge in [0.1, 0.15) is 23.6 Å². The molecule has 9 heteroatoms. The molecule has 2 aromatic carbocycles. The van der Waals surface area contributed by atoms with Crippen LogP contribution >= 0.6 is 0 Å². The van der Waals surface area contributed by atoms with Gasteiger partial charge in [-0.2, -0.15) is 0 Å². The zero-order valence-corrected chi connectivity index (χ0v) is 13.0. The van der Waals surface area contributed by atoms with E-state index in [4.69, 9.17) is 4.74 Å². The van der Waals surface area contributed by atoms with E-state index >= 15 is 0 Å². The smallest absolute Gasteiger partial charge is 0.276 e. The largest absolute Gasteiger partial charge is 0.484 e. The van der Waals surface area contributed by atoms with E-state index in [1.807, 2.05) is 12.1 Å². The van der Waals surface area contributed by atoms with Crippen molar-refractivity contribution in [2.24, 2.45) is 0 Å². The van der Waals surface area contributed by atoms with Gasteiger partial charge in [0.25, 0.3) is 11.8 Å². The van der Waals surface area contributed by atoms with Gasteiger partial charge in [0.05, 0.1) is 5.52 Å². The van der Waals surface area contributed by atoms with Gasteiger partial charge in [0, 0.05) is 0 Å². The van der Waals surface area contributed by atoms with Crippen molar-refractivity contribution in [3.8, 4) is 5.75 Å². The minimum absolute atomic E-state index is 0.0976. The lowest BCUT2D eigenvalue weighted by atomic mass is 10.3. The van der Waals surface area contributed by atoms with Crippen molar-refractivity contribution in [3.05, 3.63) is 54.3 Å². The summed E-state index contributed by atoms with van der Waals surface area (Å²) in [6.45, 7) is -0.419. The topological polar surface area (TPSA) is 98.1 Å². The number of benzene rings is 2. The third-order valence-electron chi connectivity index (χ3n) is 3.24. The summed E-state index contributed by atoms with van der Waals surface area (Å²) in [7, 11) is 0. The van der Waals surface area contributed by atoms with E-state index in [9.17, 15) is 14.0 Å². The van der Waals surface area contributed by atoms with Crippen molar-refractivity contribution < 1.29 is 18.7 Å². The van der Waals surface area contributed by atoms with Crippen molar-refractivity contribution in [1.29, 1.82) is 0 Å². The van der Waals surface area contributed by atoms with E-state index in [-0.39, 0.29) is 13.2 Å². The number of halogens is 1. The number of amides is 2. The molecule has 128 valence electrons. The number of hydrogen-bond donors (Lipinski definition) is 2. The highest BCUT2D eigenvalue weighted by Crippen LogP contribution is 2.10. The Bertz CT molecular complexity index is 894. The van der Waals surface area contributed by atoms with Crippen LogP contribution in [0.3, 0.4) is 0 Å². The van der Waals surface area contributed by atoms with Crippen LogP contribution < -0.4 is 15.6 Å². The predicted octanol–water partition coefficient (Wildman–Crippen LogP) is 0.797. The third kappa shape index (κ3) is 4.28. The maximum absolute atomic E-state index is 12.8. The Morgan fingerprint density at radius 1 is 1.04 bits per heavy atom. The molecule has 3 rings (SSSR count). The summed E-state index contributed by atoms with van der Waals surface area (Å²) in [5.74, 6) is -1.08. The molecule has 1 aromatic heterocycles. The zero-order chi connectivity index (χ0) is 17.6. The van der Waals surface area contributed by atoms with Crippen molar-refractivity contribution in [2.45, 2.75) is 6.54 Å². The maximum Gasteiger partial charge on any atom is 0.276 e. The normalized spacial score (nSPS) is 10.4. The van der Waals surface area contributed by atoms with Crippen molar-refractivity contribution in [1.82, 2.24) is 25.8 Å². The molecule has 0 aliphatic carbocycles. The number of ether oxygens (including phenoxy) is 1. The molecule has 25 heavy (non-hydrogen) atoms. The first-order chi connectivity index (χ1) is 12.1. The summed E-state index contributed by atoms with van der Waals surface area (Å²) >= 11 is 0. The fraction of sp³-hybridized carbons (Fsp3) is 0.125. The number of hydrazine groups is 1. The van der Waals surface area contributed by atoms with Gasteiger partial charge in [-0.15, -0.1) is 5.10 Å². The van der Waals surface area contributed by atoms with E-state index in [1.54, 1.807) is 12.1 Å². The van der Waals surface area contributed by atoms with Gasteiger partial charge in [-0.05, 0) is 36.4 Å². The molecule has 2 amide bonds. The van der Waals surface area contributed by atoms with Crippen LogP contribution in [0.25, 0.3) is 11.0 Å². The lowest BCUT2D eigenvalue weighted by Crippen LogP contribution is -2.45. The summed E-state index contributed by atoms with van der Waals surface area (Å²) in [4.78, 5) is 23.5. The number of para-hydroxylation sites is 1. The number of aromatic nitrogens is 3. The molecule has 0 unspecified atom stereocenters. The van der Waals surface area contributed by atoms with Gasteiger partial charge < -0.3 is 4.74 Å². The van der Waals surface area contributed by atoms with Crippen LogP contribution in [-0.2, 0) is 16.1 Å². The van der Waals surface area contributed by atoms with Crippen molar-refractivity contribution >= 4 is 22.8 Å². The number of rotatable bonds is 5. The third-order valence-corrected chi connectivity index (χ3v) is 3.24. The van der Waals surface area contributed by atoms with Crippen LogP contribution in [-0.4, -0.2) is 33.4 Å². The Labute approximate surface area is 141 Å². The Kier molecular flexibility index (Phi) is 4.84. The molecule has 8 nitrogen and oxygen atoms in total. The fourth-order valence-electron chi connectivity index (χ4n) is 2.06. The first-order valence-electron chi connectivity index (χ1n) is 7.36. The van der Waals surface area contributed by atoms with Gasteiger partial charge in [0.2, 0.25) is 0 Å². The molecule has 0 fully saturated rings. The van der Waals surface area contributed by atoms with Crippen LogP contribution in [0.1, 0.15) is 0 Å². The molecular formula is C16H14FN5O3. The molecule has 3 aromatic rings. The number of fused-ring (bicyclic) bond motifs is 1. The first-order valence-corrected chi connectivity index (χ1v) is 7.36. The minimum Gasteiger partial charge on any atom is -0.484 e. The summed E-state index contributed by atoms with van der Waals surface area (Å²) in [6, 6.07) is 12.4. The molecule has 0 atom stereocenters. The van der Waals surface area contributed by atoms with Crippen LogP contribution in [0.2, 0.25) is 0 Å². The van der Waals surface area contributed by atoms with Gasteiger partial charge in [-0.25, -0.2) is 9.07 Å². The van der Waals surface area contributed by atoms with E-state index in [0.717, 1.165) is 0 Å². The van der Waals surface area contributed by atoms with Crippen molar-refractivity contribution in [3.63, 3.8) is 0 Å². The second-order valence-corrected chi connectivity index (χ2v) is 5.07. The minimum atomic E-state index is -0.555. The lowest BCUT2D eigenvalue weighted by molar-refractivity contribution is -0.130. The number of carbonyl (C=O) groups is 2. The van der Waals surface area contributed by atoms with Gasteiger partial charge in [0.15, 0.2) is 6.61 Å². The Balaban J connectivity index is 1.45. The lowest BCUT2D eigenvalue weighted by Gasteiger charge is -2.09. The van der Waals surface area contributed by atoms with Crippen LogP contribution in [0.15, 0.2) is 48.5 Å². The highest BCUT2D eigenvalue weighted by molar-refractivity contribution is 5.83. The molecule has 0 bridgehead atoms.